The average molecular weight is 347 g/mol. The first kappa shape index (κ1) is 15.4. The van der Waals surface area contributed by atoms with Crippen LogP contribution in [0.3, 0.4) is 0 Å². The summed E-state index contributed by atoms with van der Waals surface area (Å²) in [5.74, 6) is 0.636. The molecule has 0 saturated carbocycles. The van der Waals surface area contributed by atoms with Crippen molar-refractivity contribution < 1.29 is 22.2 Å². The topological polar surface area (TPSA) is 65.1 Å². The van der Waals surface area contributed by atoms with Crippen LogP contribution in [-0.2, 0) is 15.0 Å². The lowest BCUT2D eigenvalue weighted by Crippen LogP contribution is -2.39. The van der Waals surface area contributed by atoms with Gasteiger partial charge in [0.1, 0.15) is 6.10 Å². The number of benzene rings is 2. The summed E-state index contributed by atoms with van der Waals surface area (Å²) in [6, 6.07) is 14.2. The van der Waals surface area contributed by atoms with Crippen LogP contribution in [0, 0.1) is 0 Å². The van der Waals surface area contributed by atoms with Crippen LogP contribution in [0.5, 0.6) is 11.5 Å². The molecule has 2 aliphatic rings. The van der Waals surface area contributed by atoms with Crippen LogP contribution in [0.15, 0.2) is 48.5 Å². The van der Waals surface area contributed by atoms with Crippen LogP contribution < -0.4 is 8.92 Å². The van der Waals surface area contributed by atoms with Crippen molar-refractivity contribution in [1.82, 2.24) is 5.06 Å². The summed E-state index contributed by atoms with van der Waals surface area (Å²) >= 11 is 0. The molecule has 2 aromatic carbocycles. The van der Waals surface area contributed by atoms with Crippen molar-refractivity contribution in [2.24, 2.45) is 0 Å². The van der Waals surface area contributed by atoms with E-state index in [1.54, 1.807) is 18.2 Å². The quantitative estimate of drug-likeness (QED) is 0.778. The number of hydrogen-bond acceptors (Lipinski definition) is 6. The highest BCUT2D eigenvalue weighted by atomic mass is 32.2. The first-order valence-electron chi connectivity index (χ1n) is 7.57. The van der Waals surface area contributed by atoms with Gasteiger partial charge in [-0.15, -0.1) is 0 Å². The molecule has 7 heteroatoms. The first-order valence-corrected chi connectivity index (χ1v) is 9.05. The smallest absolute Gasteiger partial charge is 0.317 e. The SMILES string of the molecule is COc1cccc2c1OS(=O)(=O)[C@H]1[C@H](c3ccccc3)ON(C)[C@@H]21. The predicted molar refractivity (Wildman–Crippen MR) is 87.1 cm³/mol. The molecule has 0 unspecified atom stereocenters. The molecule has 3 atom stereocenters. The van der Waals surface area contributed by atoms with Crippen LogP contribution in [0.25, 0.3) is 0 Å². The van der Waals surface area contributed by atoms with Crippen LogP contribution >= 0.6 is 0 Å². The molecular weight excluding hydrogens is 330 g/mol. The van der Waals surface area contributed by atoms with E-state index in [0.29, 0.717) is 5.75 Å². The third-order valence-electron chi connectivity index (χ3n) is 4.49. The van der Waals surface area contributed by atoms with Gasteiger partial charge in [-0.3, -0.25) is 4.84 Å². The van der Waals surface area contributed by atoms with Gasteiger partial charge in [-0.1, -0.05) is 42.5 Å². The van der Waals surface area contributed by atoms with E-state index >= 15 is 0 Å². The first-order chi connectivity index (χ1) is 11.5. The fourth-order valence-corrected chi connectivity index (χ4v) is 5.10. The number of rotatable bonds is 2. The van der Waals surface area contributed by atoms with Gasteiger partial charge in [-0.25, -0.2) is 0 Å². The van der Waals surface area contributed by atoms with E-state index in [1.807, 2.05) is 42.5 Å². The maximum Gasteiger partial charge on any atom is 0.317 e. The lowest BCUT2D eigenvalue weighted by atomic mass is 9.96. The fourth-order valence-electron chi connectivity index (χ4n) is 3.44. The Labute approximate surface area is 140 Å². The molecular formula is C17H17NO5S. The Hall–Kier alpha value is -2.09. The molecule has 1 saturated heterocycles. The van der Waals surface area contributed by atoms with E-state index < -0.39 is 27.5 Å². The standard InChI is InChI=1S/C17H17NO5S/c1-18-14-12-9-6-10-13(21-2)16(12)23-24(19,20)17(14)15(22-18)11-7-4-3-5-8-11/h3-10,14-15,17H,1-2H3/t14-,15-,17+/m0/s1. The van der Waals surface area contributed by atoms with Gasteiger partial charge >= 0.3 is 10.1 Å². The van der Waals surface area contributed by atoms with Crippen molar-refractivity contribution in [1.29, 1.82) is 0 Å². The third kappa shape index (κ3) is 2.20. The summed E-state index contributed by atoms with van der Waals surface area (Å²) < 4.78 is 36.3. The summed E-state index contributed by atoms with van der Waals surface area (Å²) in [7, 11) is -0.657. The number of nitrogens with zero attached hydrogens (tertiary/aromatic N) is 1. The molecule has 2 heterocycles. The van der Waals surface area contributed by atoms with Gasteiger partial charge in [-0.2, -0.15) is 13.5 Å². The zero-order chi connectivity index (χ0) is 16.9. The minimum Gasteiger partial charge on any atom is -0.493 e. The number of methoxy groups -OCH3 is 1. The van der Waals surface area contributed by atoms with E-state index in [2.05, 4.69) is 0 Å². The summed E-state index contributed by atoms with van der Waals surface area (Å²) in [6.45, 7) is 0. The Balaban J connectivity index is 1.88. The molecule has 2 aromatic rings. The van der Waals surface area contributed by atoms with Gasteiger partial charge < -0.3 is 8.92 Å². The molecule has 0 aromatic heterocycles. The fraction of sp³-hybridized carbons (Fsp3) is 0.294. The number of para-hydroxylation sites is 1. The van der Waals surface area contributed by atoms with Gasteiger partial charge in [0.25, 0.3) is 0 Å². The van der Waals surface area contributed by atoms with Gasteiger partial charge in [0.05, 0.1) is 13.2 Å². The number of hydrogen-bond donors (Lipinski definition) is 0. The van der Waals surface area contributed by atoms with Crippen molar-refractivity contribution in [2.75, 3.05) is 14.2 Å². The minimum atomic E-state index is -3.88. The Morgan fingerprint density at radius 2 is 1.83 bits per heavy atom. The van der Waals surface area contributed by atoms with E-state index in [4.69, 9.17) is 13.8 Å². The van der Waals surface area contributed by atoms with Gasteiger partial charge in [0.15, 0.2) is 16.7 Å². The summed E-state index contributed by atoms with van der Waals surface area (Å²) in [4.78, 5) is 5.89. The third-order valence-corrected chi connectivity index (χ3v) is 6.06. The zero-order valence-electron chi connectivity index (χ0n) is 13.2. The molecule has 0 amide bonds. The van der Waals surface area contributed by atoms with Crippen molar-refractivity contribution in [3.8, 4) is 11.5 Å². The summed E-state index contributed by atoms with van der Waals surface area (Å²) in [5, 5.41) is 0.755. The average Bonchev–Trinajstić information content (AvgIpc) is 2.94. The molecule has 0 aliphatic carbocycles. The molecule has 24 heavy (non-hydrogen) atoms. The maximum absolute atomic E-state index is 12.8. The number of fused-ring (bicyclic) bond motifs is 3. The number of ether oxygens (including phenoxy) is 1. The van der Waals surface area contributed by atoms with Crippen molar-refractivity contribution >= 4 is 10.1 Å². The highest BCUT2D eigenvalue weighted by Gasteiger charge is 2.56. The Morgan fingerprint density at radius 3 is 2.54 bits per heavy atom. The highest BCUT2D eigenvalue weighted by molar-refractivity contribution is 7.87. The molecule has 1 fully saturated rings. The molecule has 0 bridgehead atoms. The molecule has 2 aliphatic heterocycles. The lowest BCUT2D eigenvalue weighted by Gasteiger charge is -2.30. The second-order valence-electron chi connectivity index (χ2n) is 5.85. The van der Waals surface area contributed by atoms with Crippen LogP contribution in [0.2, 0.25) is 0 Å². The van der Waals surface area contributed by atoms with Gasteiger partial charge in [-0.05, 0) is 11.6 Å². The lowest BCUT2D eigenvalue weighted by molar-refractivity contribution is -0.145. The Kier molecular flexibility index (Phi) is 3.52. The number of hydroxylamine groups is 2. The highest BCUT2D eigenvalue weighted by Crippen LogP contribution is 2.52. The van der Waals surface area contributed by atoms with E-state index in [-0.39, 0.29) is 5.75 Å². The van der Waals surface area contributed by atoms with Crippen LogP contribution in [-0.4, -0.2) is 32.9 Å². The zero-order valence-corrected chi connectivity index (χ0v) is 14.1. The Bertz CT molecular complexity index is 868. The van der Waals surface area contributed by atoms with Crippen LogP contribution in [0.1, 0.15) is 23.3 Å². The molecule has 6 nitrogen and oxygen atoms in total. The minimum absolute atomic E-state index is 0.241. The van der Waals surface area contributed by atoms with E-state index in [1.165, 1.54) is 7.11 Å². The summed E-state index contributed by atoms with van der Waals surface area (Å²) in [5.41, 5.74) is 1.55. The van der Waals surface area contributed by atoms with Crippen molar-refractivity contribution in [2.45, 2.75) is 17.4 Å². The van der Waals surface area contributed by atoms with E-state index in [0.717, 1.165) is 11.1 Å². The molecule has 126 valence electrons. The van der Waals surface area contributed by atoms with Gasteiger partial charge in [0.2, 0.25) is 0 Å². The predicted octanol–water partition coefficient (Wildman–Crippen LogP) is 2.45. The molecule has 0 spiro atoms. The van der Waals surface area contributed by atoms with E-state index in [9.17, 15) is 8.42 Å². The second-order valence-corrected chi connectivity index (χ2v) is 7.54. The largest absolute Gasteiger partial charge is 0.493 e. The summed E-state index contributed by atoms with van der Waals surface area (Å²) in [6.07, 6.45) is -0.620. The van der Waals surface area contributed by atoms with Crippen molar-refractivity contribution in [3.05, 3.63) is 59.7 Å². The molecule has 0 N–H and O–H groups in total. The monoisotopic (exact) mass is 347 g/mol. The molecule has 4 rings (SSSR count). The van der Waals surface area contributed by atoms with Gasteiger partial charge in [0, 0.05) is 12.6 Å². The second kappa shape index (κ2) is 5.47. The van der Waals surface area contributed by atoms with Crippen molar-refractivity contribution in [3.63, 3.8) is 0 Å². The maximum atomic E-state index is 12.8. The Morgan fingerprint density at radius 1 is 1.08 bits per heavy atom. The van der Waals surface area contributed by atoms with Crippen LogP contribution in [0.4, 0.5) is 0 Å². The molecule has 0 radical (unpaired) electrons. The normalized spacial score (nSPS) is 27.8.